The first-order valence-corrected chi connectivity index (χ1v) is 9.43. The third-order valence-electron chi connectivity index (χ3n) is 4.33. The lowest BCUT2D eigenvalue weighted by atomic mass is 9.77. The van der Waals surface area contributed by atoms with Crippen molar-refractivity contribution in [2.75, 3.05) is 12.3 Å². The Morgan fingerprint density at radius 2 is 1.62 bits per heavy atom. The Morgan fingerprint density at radius 3 is 2.04 bits per heavy atom. The zero-order chi connectivity index (χ0) is 18.3. The van der Waals surface area contributed by atoms with Gasteiger partial charge in [-0.1, -0.05) is 41.5 Å². The summed E-state index contributed by atoms with van der Waals surface area (Å²) in [4.78, 5) is 12.1. The van der Waals surface area contributed by atoms with Crippen molar-refractivity contribution in [1.29, 1.82) is 0 Å². The number of hydrogen-bond acceptors (Lipinski definition) is 4. The Hall–Kier alpha value is -1.20. The fraction of sp³-hybridized carbons (Fsp3) is 0.632. The van der Waals surface area contributed by atoms with Crippen LogP contribution in [0.4, 0.5) is 0 Å². The molecule has 0 aromatic heterocycles. The maximum atomic E-state index is 12.1. The molecule has 134 valence electrons. The Morgan fingerprint density at radius 1 is 1.12 bits per heavy atom. The number of nitrogens with one attached hydrogen (secondary N) is 1. The summed E-state index contributed by atoms with van der Waals surface area (Å²) in [6.45, 7) is 12.8. The van der Waals surface area contributed by atoms with Crippen molar-refractivity contribution in [2.24, 2.45) is 0 Å². The van der Waals surface area contributed by atoms with E-state index in [0.717, 1.165) is 16.9 Å². The molecule has 2 rings (SSSR count). The van der Waals surface area contributed by atoms with Crippen molar-refractivity contribution in [3.8, 4) is 5.75 Å². The van der Waals surface area contributed by atoms with Crippen LogP contribution in [0, 0.1) is 0 Å². The van der Waals surface area contributed by atoms with Crippen LogP contribution < -0.4 is 5.32 Å². The number of carbonyl (C=O) groups excluding carboxylic acids is 1. The molecule has 4 nitrogen and oxygen atoms in total. The lowest BCUT2D eigenvalue weighted by Crippen LogP contribution is -2.42. The largest absolute Gasteiger partial charge is 0.507 e. The predicted octanol–water partition coefficient (Wildman–Crippen LogP) is 3.25. The first-order chi connectivity index (χ1) is 10.9. The topological polar surface area (TPSA) is 69.6 Å². The molecule has 2 atom stereocenters. The second kappa shape index (κ2) is 6.60. The van der Waals surface area contributed by atoms with Crippen LogP contribution in [0.2, 0.25) is 0 Å². The number of aromatic hydroxyl groups is 1. The van der Waals surface area contributed by atoms with E-state index in [0.29, 0.717) is 12.1 Å². The monoisotopic (exact) mass is 351 g/mol. The molecular weight excluding hydrogens is 322 g/mol. The van der Waals surface area contributed by atoms with E-state index in [1.165, 1.54) is 11.8 Å². The van der Waals surface area contributed by atoms with E-state index in [1.807, 2.05) is 53.7 Å². The molecule has 3 N–H and O–H groups in total. The highest BCUT2D eigenvalue weighted by Gasteiger charge is 2.34. The number of aliphatic hydroxyl groups excluding tert-OH is 1. The summed E-state index contributed by atoms with van der Waals surface area (Å²) in [5, 5.41) is 23.9. The molecule has 1 heterocycles. The maximum Gasteiger partial charge on any atom is 0.236 e. The molecule has 1 fully saturated rings. The van der Waals surface area contributed by atoms with Crippen LogP contribution in [0.15, 0.2) is 12.1 Å². The van der Waals surface area contributed by atoms with Gasteiger partial charge in [-0.05, 0) is 39.7 Å². The summed E-state index contributed by atoms with van der Waals surface area (Å²) in [6, 6.07) is 3.69. The van der Waals surface area contributed by atoms with Gasteiger partial charge in [0.1, 0.15) is 11.0 Å². The molecule has 1 aliphatic rings. The van der Waals surface area contributed by atoms with Crippen LogP contribution in [0.1, 0.15) is 64.3 Å². The molecule has 24 heavy (non-hydrogen) atoms. The molecule has 1 aromatic rings. The number of phenolic OH excluding ortho intramolecular Hbond substituents is 1. The molecule has 0 radical (unpaired) electrons. The van der Waals surface area contributed by atoms with Gasteiger partial charge in [0.25, 0.3) is 0 Å². The third kappa shape index (κ3) is 3.89. The number of phenols is 1. The number of benzene rings is 1. The van der Waals surface area contributed by atoms with E-state index in [4.69, 9.17) is 0 Å². The van der Waals surface area contributed by atoms with Crippen LogP contribution in [-0.2, 0) is 15.6 Å². The highest BCUT2D eigenvalue weighted by Crippen LogP contribution is 2.42. The van der Waals surface area contributed by atoms with Crippen LogP contribution in [-0.4, -0.2) is 33.7 Å². The molecule has 0 aliphatic carbocycles. The molecular formula is C19H29NO3S. The van der Waals surface area contributed by atoms with E-state index in [9.17, 15) is 15.0 Å². The van der Waals surface area contributed by atoms with Crippen molar-refractivity contribution in [1.82, 2.24) is 5.32 Å². The molecule has 1 aliphatic heterocycles. The van der Waals surface area contributed by atoms with Gasteiger partial charge >= 0.3 is 0 Å². The average molecular weight is 352 g/mol. The van der Waals surface area contributed by atoms with Gasteiger partial charge in [-0.25, -0.2) is 0 Å². The highest BCUT2D eigenvalue weighted by atomic mass is 32.2. The SMILES string of the molecule is CC(C)(C)c1cc(C(O)C2SCCNC2=O)cc(C(C)(C)C)c1O. The lowest BCUT2D eigenvalue weighted by molar-refractivity contribution is -0.122. The van der Waals surface area contributed by atoms with Crippen molar-refractivity contribution < 1.29 is 15.0 Å². The zero-order valence-corrected chi connectivity index (χ0v) is 16.3. The van der Waals surface area contributed by atoms with Gasteiger partial charge in [0, 0.05) is 12.3 Å². The van der Waals surface area contributed by atoms with Crippen molar-refractivity contribution >= 4 is 17.7 Å². The van der Waals surface area contributed by atoms with Gasteiger partial charge in [0.15, 0.2) is 0 Å². The first kappa shape index (κ1) is 19.1. The minimum absolute atomic E-state index is 0.124. The summed E-state index contributed by atoms with van der Waals surface area (Å²) in [7, 11) is 0. The smallest absolute Gasteiger partial charge is 0.236 e. The lowest BCUT2D eigenvalue weighted by Gasteiger charge is -2.31. The van der Waals surface area contributed by atoms with E-state index in [-0.39, 0.29) is 22.5 Å². The van der Waals surface area contributed by atoms with Crippen LogP contribution in [0.25, 0.3) is 0 Å². The van der Waals surface area contributed by atoms with Gasteiger partial charge in [-0.15, -0.1) is 11.8 Å². The van der Waals surface area contributed by atoms with Gasteiger partial charge in [-0.2, -0.15) is 0 Å². The maximum absolute atomic E-state index is 12.1. The number of carbonyl (C=O) groups is 1. The molecule has 1 saturated heterocycles. The molecule has 0 saturated carbocycles. The number of thioether (sulfide) groups is 1. The third-order valence-corrected chi connectivity index (χ3v) is 5.60. The fourth-order valence-electron chi connectivity index (χ4n) is 2.92. The minimum Gasteiger partial charge on any atom is -0.507 e. The molecule has 0 spiro atoms. The van der Waals surface area contributed by atoms with Crippen LogP contribution in [0.3, 0.4) is 0 Å². The highest BCUT2D eigenvalue weighted by molar-refractivity contribution is 8.00. The van der Waals surface area contributed by atoms with Gasteiger partial charge in [0.2, 0.25) is 5.91 Å². The van der Waals surface area contributed by atoms with E-state index < -0.39 is 11.4 Å². The summed E-state index contributed by atoms with van der Waals surface area (Å²) in [5.74, 6) is 0.956. The molecule has 0 bridgehead atoms. The normalized spacial score (nSPS) is 20.6. The number of aliphatic hydroxyl groups is 1. The van der Waals surface area contributed by atoms with Crippen molar-refractivity contribution in [3.63, 3.8) is 0 Å². The zero-order valence-electron chi connectivity index (χ0n) is 15.4. The number of hydrogen-bond donors (Lipinski definition) is 3. The Kier molecular flexibility index (Phi) is 5.26. The van der Waals surface area contributed by atoms with Gasteiger partial charge in [-0.3, -0.25) is 4.79 Å². The minimum atomic E-state index is -0.891. The Labute approximate surface area is 149 Å². The second-order valence-corrected chi connectivity index (χ2v) is 9.74. The summed E-state index contributed by atoms with van der Waals surface area (Å²) in [6.07, 6.45) is -0.891. The average Bonchev–Trinajstić information content (AvgIpc) is 2.45. The van der Waals surface area contributed by atoms with Crippen LogP contribution >= 0.6 is 11.8 Å². The standard InChI is InChI=1S/C19H29NO3S/c1-18(2,3)12-9-11(10-13(15(12)22)19(4,5)6)14(21)16-17(23)20-7-8-24-16/h9-10,14,16,21-22H,7-8H2,1-6H3,(H,20,23). The van der Waals surface area contributed by atoms with E-state index in [2.05, 4.69) is 5.32 Å². The molecule has 5 heteroatoms. The summed E-state index contributed by atoms with van der Waals surface area (Å²) >= 11 is 1.48. The van der Waals surface area contributed by atoms with Crippen LogP contribution in [0.5, 0.6) is 5.75 Å². The predicted molar refractivity (Wildman–Crippen MR) is 99.7 cm³/mol. The molecule has 1 amide bonds. The number of amides is 1. The van der Waals surface area contributed by atoms with Crippen molar-refractivity contribution in [2.45, 2.75) is 63.7 Å². The fourth-order valence-corrected chi connectivity index (χ4v) is 3.96. The van der Waals surface area contributed by atoms with Crippen molar-refractivity contribution in [3.05, 3.63) is 28.8 Å². The van der Waals surface area contributed by atoms with Gasteiger partial charge in [0.05, 0.1) is 6.10 Å². The molecule has 2 unspecified atom stereocenters. The van der Waals surface area contributed by atoms with E-state index in [1.54, 1.807) is 0 Å². The summed E-state index contributed by atoms with van der Waals surface area (Å²) in [5.41, 5.74) is 1.76. The van der Waals surface area contributed by atoms with Gasteiger partial charge < -0.3 is 15.5 Å². The van der Waals surface area contributed by atoms with E-state index >= 15 is 0 Å². The number of rotatable bonds is 2. The molecule has 1 aromatic carbocycles. The Balaban J connectivity index is 2.55. The summed E-state index contributed by atoms with van der Waals surface area (Å²) < 4.78 is 0. The quantitative estimate of drug-likeness (QED) is 0.765. The first-order valence-electron chi connectivity index (χ1n) is 8.38. The Bertz CT molecular complexity index is 593. The second-order valence-electron chi connectivity index (χ2n) is 8.49.